The summed E-state index contributed by atoms with van der Waals surface area (Å²) in [4.78, 5) is 40.6. The molecule has 7 heteroatoms. The van der Waals surface area contributed by atoms with Crippen LogP contribution in [0.4, 0.5) is 0 Å². The Hall–Kier alpha value is -3.35. The average molecular weight is 466 g/mol. The highest BCUT2D eigenvalue weighted by Crippen LogP contribution is 2.23. The zero-order valence-electron chi connectivity index (χ0n) is 20.3. The van der Waals surface area contributed by atoms with Crippen LogP contribution in [-0.4, -0.2) is 54.9 Å². The molecule has 2 aromatic rings. The van der Waals surface area contributed by atoms with Crippen molar-refractivity contribution in [1.29, 1.82) is 0 Å². The lowest BCUT2D eigenvalue weighted by atomic mass is 9.88. The predicted octanol–water partition coefficient (Wildman–Crippen LogP) is 3.19. The van der Waals surface area contributed by atoms with Crippen LogP contribution in [0.15, 0.2) is 54.6 Å². The molecule has 0 aromatic heterocycles. The SMILES string of the molecule is CC[C@@H](C)NC(=O)[C@@H](NC(=O)c1ccc(OC)cc1)C1CCN(C(=O)Cc2ccccc2)CC1. The van der Waals surface area contributed by atoms with Gasteiger partial charge in [0.05, 0.1) is 13.5 Å². The van der Waals surface area contributed by atoms with E-state index in [-0.39, 0.29) is 29.7 Å². The van der Waals surface area contributed by atoms with E-state index in [0.29, 0.717) is 43.7 Å². The highest BCUT2D eigenvalue weighted by atomic mass is 16.5. The molecular formula is C27H35N3O4. The summed E-state index contributed by atoms with van der Waals surface area (Å²) in [6.07, 6.45) is 2.49. The number of hydrogen-bond donors (Lipinski definition) is 2. The maximum absolute atomic E-state index is 13.1. The lowest BCUT2D eigenvalue weighted by Gasteiger charge is -2.36. The van der Waals surface area contributed by atoms with Crippen molar-refractivity contribution in [2.45, 2.75) is 51.6 Å². The van der Waals surface area contributed by atoms with Crippen LogP contribution in [0.5, 0.6) is 5.75 Å². The topological polar surface area (TPSA) is 87.7 Å². The third-order valence-electron chi connectivity index (χ3n) is 6.48. The summed E-state index contributed by atoms with van der Waals surface area (Å²) in [6.45, 7) is 5.10. The minimum Gasteiger partial charge on any atom is -0.497 e. The summed E-state index contributed by atoms with van der Waals surface area (Å²) in [6, 6.07) is 15.9. The molecule has 0 radical (unpaired) electrons. The van der Waals surface area contributed by atoms with Crippen LogP contribution in [0.1, 0.15) is 49.0 Å². The normalized spacial score (nSPS) is 15.8. The van der Waals surface area contributed by atoms with Gasteiger partial charge in [0.1, 0.15) is 11.8 Å². The Bertz CT molecular complexity index is 954. The van der Waals surface area contributed by atoms with E-state index in [2.05, 4.69) is 10.6 Å². The van der Waals surface area contributed by atoms with E-state index in [1.807, 2.05) is 49.1 Å². The van der Waals surface area contributed by atoms with Gasteiger partial charge in [0.25, 0.3) is 5.91 Å². The molecule has 2 N–H and O–H groups in total. The Morgan fingerprint density at radius 1 is 1.00 bits per heavy atom. The molecule has 0 unspecified atom stereocenters. The summed E-state index contributed by atoms with van der Waals surface area (Å²) < 4.78 is 5.16. The van der Waals surface area contributed by atoms with Gasteiger partial charge in [-0.05, 0) is 61.9 Å². The van der Waals surface area contributed by atoms with Gasteiger partial charge >= 0.3 is 0 Å². The van der Waals surface area contributed by atoms with Crippen LogP contribution in [0.3, 0.4) is 0 Å². The van der Waals surface area contributed by atoms with E-state index >= 15 is 0 Å². The van der Waals surface area contributed by atoms with Gasteiger partial charge in [-0.3, -0.25) is 14.4 Å². The third kappa shape index (κ3) is 6.83. The van der Waals surface area contributed by atoms with E-state index in [4.69, 9.17) is 4.74 Å². The molecule has 0 bridgehead atoms. The molecule has 1 aliphatic rings. The molecule has 0 spiro atoms. The van der Waals surface area contributed by atoms with E-state index in [1.165, 1.54) is 0 Å². The van der Waals surface area contributed by atoms with Crippen molar-refractivity contribution < 1.29 is 19.1 Å². The summed E-state index contributed by atoms with van der Waals surface area (Å²) in [7, 11) is 1.57. The highest BCUT2D eigenvalue weighted by Gasteiger charge is 2.34. The summed E-state index contributed by atoms with van der Waals surface area (Å²) in [5, 5.41) is 5.97. The fraction of sp³-hybridized carbons (Fsp3) is 0.444. The first-order chi connectivity index (χ1) is 16.4. The van der Waals surface area contributed by atoms with E-state index in [9.17, 15) is 14.4 Å². The fourth-order valence-electron chi connectivity index (χ4n) is 4.16. The van der Waals surface area contributed by atoms with Gasteiger partial charge in [0.2, 0.25) is 11.8 Å². The molecule has 3 rings (SSSR count). The van der Waals surface area contributed by atoms with Crippen molar-refractivity contribution in [3.8, 4) is 5.75 Å². The zero-order valence-corrected chi connectivity index (χ0v) is 20.3. The number of ether oxygens (including phenoxy) is 1. The van der Waals surface area contributed by atoms with Crippen LogP contribution >= 0.6 is 0 Å². The number of nitrogens with zero attached hydrogens (tertiary/aromatic N) is 1. The number of hydrogen-bond acceptors (Lipinski definition) is 4. The quantitative estimate of drug-likeness (QED) is 0.595. The smallest absolute Gasteiger partial charge is 0.251 e. The Morgan fingerprint density at radius 2 is 1.65 bits per heavy atom. The number of amides is 3. The molecule has 1 fully saturated rings. The van der Waals surface area contributed by atoms with Crippen molar-refractivity contribution in [3.63, 3.8) is 0 Å². The Labute approximate surface area is 201 Å². The molecule has 182 valence electrons. The highest BCUT2D eigenvalue weighted by molar-refractivity contribution is 5.97. The molecule has 0 aliphatic carbocycles. The summed E-state index contributed by atoms with van der Waals surface area (Å²) in [5.74, 6) is 0.231. The monoisotopic (exact) mass is 465 g/mol. The van der Waals surface area contributed by atoms with Crippen LogP contribution in [0, 0.1) is 5.92 Å². The number of nitrogens with one attached hydrogen (secondary N) is 2. The molecule has 1 aliphatic heterocycles. The molecule has 2 atom stereocenters. The van der Waals surface area contributed by atoms with Gasteiger partial charge in [-0.15, -0.1) is 0 Å². The van der Waals surface area contributed by atoms with Crippen molar-refractivity contribution in [2.75, 3.05) is 20.2 Å². The number of rotatable bonds is 9. The number of likely N-dealkylation sites (tertiary alicyclic amines) is 1. The maximum Gasteiger partial charge on any atom is 0.251 e. The largest absolute Gasteiger partial charge is 0.497 e. The molecule has 2 aromatic carbocycles. The van der Waals surface area contributed by atoms with E-state index in [0.717, 1.165) is 12.0 Å². The van der Waals surface area contributed by atoms with Crippen LogP contribution < -0.4 is 15.4 Å². The second kappa shape index (κ2) is 12.2. The first-order valence-electron chi connectivity index (χ1n) is 12.0. The lowest BCUT2D eigenvalue weighted by Crippen LogP contribution is -2.55. The first-order valence-corrected chi connectivity index (χ1v) is 12.0. The molecule has 3 amide bonds. The zero-order chi connectivity index (χ0) is 24.5. The van der Waals surface area contributed by atoms with Crippen molar-refractivity contribution >= 4 is 17.7 Å². The van der Waals surface area contributed by atoms with E-state index in [1.54, 1.807) is 31.4 Å². The third-order valence-corrected chi connectivity index (χ3v) is 6.48. The average Bonchev–Trinajstić information content (AvgIpc) is 2.87. The number of methoxy groups -OCH3 is 1. The van der Waals surface area contributed by atoms with Gasteiger partial charge in [-0.25, -0.2) is 0 Å². The molecular weight excluding hydrogens is 430 g/mol. The van der Waals surface area contributed by atoms with Crippen molar-refractivity contribution in [3.05, 3.63) is 65.7 Å². The number of benzene rings is 2. The van der Waals surface area contributed by atoms with Gasteiger partial charge in [0, 0.05) is 24.7 Å². The molecule has 0 saturated carbocycles. The fourth-order valence-corrected chi connectivity index (χ4v) is 4.16. The minimum absolute atomic E-state index is 0.0143. The van der Waals surface area contributed by atoms with Gasteiger partial charge in [-0.2, -0.15) is 0 Å². The number of piperidine rings is 1. The number of carbonyl (C=O) groups is 3. The Balaban J connectivity index is 1.65. The molecule has 34 heavy (non-hydrogen) atoms. The minimum atomic E-state index is -0.657. The molecule has 1 heterocycles. The standard InChI is InChI=1S/C27H35N3O4/c1-4-19(2)28-27(33)25(29-26(32)22-10-12-23(34-3)13-11-22)21-14-16-30(17-15-21)24(31)18-20-8-6-5-7-9-20/h5-13,19,21,25H,4,14-18H2,1-3H3,(H,28,33)(H,29,32)/t19-,25+/m1/s1. The van der Waals surface area contributed by atoms with Crippen LogP contribution in [0.25, 0.3) is 0 Å². The van der Waals surface area contributed by atoms with Crippen LogP contribution in [0.2, 0.25) is 0 Å². The number of carbonyl (C=O) groups excluding carboxylic acids is 3. The second-order valence-electron chi connectivity index (χ2n) is 8.88. The Morgan fingerprint density at radius 3 is 2.24 bits per heavy atom. The first kappa shape index (κ1) is 25.3. The van der Waals surface area contributed by atoms with Gasteiger partial charge in [-0.1, -0.05) is 37.3 Å². The van der Waals surface area contributed by atoms with Crippen molar-refractivity contribution in [2.24, 2.45) is 5.92 Å². The second-order valence-corrected chi connectivity index (χ2v) is 8.88. The lowest BCUT2D eigenvalue weighted by molar-refractivity contribution is -0.132. The summed E-state index contributed by atoms with van der Waals surface area (Å²) >= 11 is 0. The maximum atomic E-state index is 13.1. The van der Waals surface area contributed by atoms with Gasteiger partial charge < -0.3 is 20.3 Å². The van der Waals surface area contributed by atoms with Gasteiger partial charge in [0.15, 0.2) is 0 Å². The predicted molar refractivity (Wildman–Crippen MR) is 132 cm³/mol. The Kier molecular flexibility index (Phi) is 9.08. The summed E-state index contributed by atoms with van der Waals surface area (Å²) in [5.41, 5.74) is 1.46. The van der Waals surface area contributed by atoms with Crippen LogP contribution in [-0.2, 0) is 16.0 Å². The van der Waals surface area contributed by atoms with E-state index < -0.39 is 6.04 Å². The van der Waals surface area contributed by atoms with Crippen molar-refractivity contribution in [1.82, 2.24) is 15.5 Å². The molecule has 1 saturated heterocycles. The molecule has 7 nitrogen and oxygen atoms in total.